The van der Waals surface area contributed by atoms with E-state index >= 15 is 0 Å². The van der Waals surface area contributed by atoms with E-state index in [0.717, 1.165) is 0 Å². The number of thiophene rings is 1. The molecule has 9 aromatic rings. The quantitative estimate of drug-likeness (QED) is 0.188. The van der Waals surface area contributed by atoms with Crippen LogP contribution in [0.5, 0.6) is 0 Å². The van der Waals surface area contributed by atoms with E-state index in [0.29, 0.717) is 0 Å². The Labute approximate surface area is 272 Å². The molecule has 0 amide bonds. The van der Waals surface area contributed by atoms with E-state index in [4.69, 9.17) is 0 Å². The van der Waals surface area contributed by atoms with E-state index < -0.39 is 0 Å². The molecule has 218 valence electrons. The third-order valence-electron chi connectivity index (χ3n) is 9.34. The van der Waals surface area contributed by atoms with Crippen LogP contribution in [0, 0.1) is 13.8 Å². The van der Waals surface area contributed by atoms with E-state index in [-0.39, 0.29) is 0 Å². The van der Waals surface area contributed by atoms with Gasteiger partial charge in [0.05, 0.1) is 11.0 Å². The van der Waals surface area contributed by atoms with Crippen LogP contribution in [0.2, 0.25) is 0 Å². The maximum absolute atomic E-state index is 2.48. The first kappa shape index (κ1) is 26.9. The first-order valence-corrected chi connectivity index (χ1v) is 16.7. The normalized spacial score (nSPS) is 11.7. The summed E-state index contributed by atoms with van der Waals surface area (Å²) in [4.78, 5) is 0. The van der Waals surface area contributed by atoms with Crippen LogP contribution in [0.4, 0.5) is 0 Å². The van der Waals surface area contributed by atoms with Gasteiger partial charge in [-0.1, -0.05) is 96.6 Å². The summed E-state index contributed by atoms with van der Waals surface area (Å²) in [6.07, 6.45) is 0. The minimum atomic E-state index is 1.22. The van der Waals surface area contributed by atoms with Gasteiger partial charge in [0, 0.05) is 36.6 Å². The minimum Gasteiger partial charge on any atom is -0.309 e. The first-order chi connectivity index (χ1) is 22.6. The van der Waals surface area contributed by atoms with Gasteiger partial charge in [-0.25, -0.2) is 0 Å². The number of benzene rings is 7. The molecule has 1 nitrogen and oxygen atoms in total. The van der Waals surface area contributed by atoms with Gasteiger partial charge in [0.15, 0.2) is 0 Å². The molecule has 0 fully saturated rings. The fraction of sp³-hybridized carbons (Fsp3) is 0.0455. The smallest absolute Gasteiger partial charge is 0.0555 e. The van der Waals surface area contributed by atoms with Crippen molar-refractivity contribution in [2.45, 2.75) is 13.8 Å². The molecule has 0 radical (unpaired) electrons. The van der Waals surface area contributed by atoms with Gasteiger partial charge in [-0.3, -0.25) is 0 Å². The van der Waals surface area contributed by atoms with Gasteiger partial charge in [-0.2, -0.15) is 0 Å². The summed E-state index contributed by atoms with van der Waals surface area (Å²) in [7, 11) is 0. The van der Waals surface area contributed by atoms with Crippen LogP contribution < -0.4 is 0 Å². The summed E-state index contributed by atoms with van der Waals surface area (Å²) in [5.41, 5.74) is 13.6. The molecule has 2 heteroatoms. The molecule has 2 heterocycles. The lowest BCUT2D eigenvalue weighted by molar-refractivity contribution is 1.15. The lowest BCUT2D eigenvalue weighted by Crippen LogP contribution is -1.97. The standard InChI is InChI=1S/C44H31NS/c1-28-17-19-41-37(21-28)38-26-39-36-15-9-10-16-43(36)46-44(39)27-42(38)45(41)40-20-18-32(22-29(40)2)35-24-33(30-11-5-3-6-12-30)23-34(25-35)31-13-7-4-8-14-31/h3-27H,1-2H3. The first-order valence-electron chi connectivity index (χ1n) is 15.8. The lowest BCUT2D eigenvalue weighted by Gasteiger charge is -2.15. The van der Waals surface area contributed by atoms with Crippen molar-refractivity contribution in [2.75, 3.05) is 0 Å². The van der Waals surface area contributed by atoms with Crippen molar-refractivity contribution in [1.29, 1.82) is 0 Å². The van der Waals surface area contributed by atoms with Gasteiger partial charge in [0.25, 0.3) is 0 Å². The van der Waals surface area contributed by atoms with Crippen LogP contribution in [-0.2, 0) is 0 Å². The summed E-state index contributed by atoms with van der Waals surface area (Å²) in [5.74, 6) is 0. The number of aryl methyl sites for hydroxylation is 2. The Bertz CT molecular complexity index is 2530. The lowest BCUT2D eigenvalue weighted by atomic mass is 9.92. The van der Waals surface area contributed by atoms with E-state index in [1.165, 1.54) is 92.2 Å². The number of fused-ring (bicyclic) bond motifs is 6. The molecule has 9 rings (SSSR count). The fourth-order valence-electron chi connectivity index (χ4n) is 7.09. The zero-order valence-corrected chi connectivity index (χ0v) is 26.6. The third kappa shape index (κ3) is 4.37. The fourth-order valence-corrected chi connectivity index (χ4v) is 8.21. The number of nitrogens with zero attached hydrogens (tertiary/aromatic N) is 1. The predicted octanol–water partition coefficient (Wildman–Crippen LogP) is 12.8. The number of rotatable bonds is 4. The molecule has 46 heavy (non-hydrogen) atoms. The number of hydrogen-bond donors (Lipinski definition) is 0. The molecule has 0 aliphatic rings. The average Bonchev–Trinajstić information content (AvgIpc) is 3.62. The van der Waals surface area contributed by atoms with Crippen LogP contribution in [0.15, 0.2) is 152 Å². The van der Waals surface area contributed by atoms with Crippen LogP contribution in [0.25, 0.3) is 81.0 Å². The molecular formula is C44H31NS. The molecule has 0 saturated heterocycles. The molecule has 7 aromatic carbocycles. The van der Waals surface area contributed by atoms with E-state index in [1.807, 2.05) is 11.3 Å². The van der Waals surface area contributed by atoms with Gasteiger partial charge in [0.2, 0.25) is 0 Å². The van der Waals surface area contributed by atoms with Gasteiger partial charge in [0.1, 0.15) is 0 Å². The van der Waals surface area contributed by atoms with Crippen molar-refractivity contribution in [1.82, 2.24) is 4.57 Å². The Hall–Kier alpha value is -5.44. The molecular weight excluding hydrogens is 575 g/mol. The molecule has 0 N–H and O–H groups in total. The summed E-state index contributed by atoms with van der Waals surface area (Å²) < 4.78 is 5.14. The topological polar surface area (TPSA) is 4.93 Å². The monoisotopic (exact) mass is 605 g/mol. The molecule has 2 aromatic heterocycles. The van der Waals surface area contributed by atoms with E-state index in [2.05, 4.69) is 170 Å². The van der Waals surface area contributed by atoms with Crippen LogP contribution in [0.3, 0.4) is 0 Å². The molecule has 0 aliphatic carbocycles. The highest BCUT2D eigenvalue weighted by Crippen LogP contribution is 2.42. The Morgan fingerprint density at radius 3 is 1.72 bits per heavy atom. The zero-order chi connectivity index (χ0) is 30.8. The Morgan fingerprint density at radius 2 is 1.02 bits per heavy atom. The zero-order valence-electron chi connectivity index (χ0n) is 25.8. The SMILES string of the molecule is Cc1ccc2c(c1)c1cc3c(cc1n2-c1ccc(-c2cc(-c4ccccc4)cc(-c4ccccc4)c2)cc1C)sc1ccccc13. The van der Waals surface area contributed by atoms with Crippen molar-refractivity contribution >= 4 is 53.3 Å². The van der Waals surface area contributed by atoms with Crippen molar-refractivity contribution in [3.8, 4) is 39.1 Å². The van der Waals surface area contributed by atoms with Gasteiger partial charge in [-0.05, 0) is 113 Å². The maximum atomic E-state index is 2.48. The van der Waals surface area contributed by atoms with Crippen LogP contribution in [0.1, 0.15) is 11.1 Å². The second-order valence-electron chi connectivity index (χ2n) is 12.4. The molecule has 0 aliphatic heterocycles. The molecule has 0 unspecified atom stereocenters. The minimum absolute atomic E-state index is 1.22. The highest BCUT2D eigenvalue weighted by Gasteiger charge is 2.17. The number of hydrogen-bond acceptors (Lipinski definition) is 1. The van der Waals surface area contributed by atoms with Gasteiger partial charge < -0.3 is 4.57 Å². The van der Waals surface area contributed by atoms with Crippen LogP contribution in [-0.4, -0.2) is 4.57 Å². The highest BCUT2D eigenvalue weighted by atomic mass is 32.1. The molecule has 0 spiro atoms. The van der Waals surface area contributed by atoms with Crippen molar-refractivity contribution < 1.29 is 0 Å². The van der Waals surface area contributed by atoms with Crippen LogP contribution >= 0.6 is 11.3 Å². The van der Waals surface area contributed by atoms with E-state index in [9.17, 15) is 0 Å². The largest absolute Gasteiger partial charge is 0.309 e. The summed E-state index contributed by atoms with van der Waals surface area (Å²) in [6.45, 7) is 4.44. The molecule has 0 saturated carbocycles. The Balaban J connectivity index is 1.24. The van der Waals surface area contributed by atoms with Gasteiger partial charge in [-0.15, -0.1) is 11.3 Å². The Morgan fingerprint density at radius 1 is 0.391 bits per heavy atom. The highest BCUT2D eigenvalue weighted by molar-refractivity contribution is 7.25. The van der Waals surface area contributed by atoms with Crippen molar-refractivity contribution in [3.63, 3.8) is 0 Å². The van der Waals surface area contributed by atoms with Gasteiger partial charge >= 0.3 is 0 Å². The Kier molecular flexibility index (Phi) is 6.19. The second kappa shape index (κ2) is 10.6. The molecule has 0 bridgehead atoms. The summed E-state index contributed by atoms with van der Waals surface area (Å²) in [6, 6.07) is 55.8. The second-order valence-corrected chi connectivity index (χ2v) is 13.4. The molecule has 0 atom stereocenters. The van der Waals surface area contributed by atoms with Crippen molar-refractivity contribution in [2.24, 2.45) is 0 Å². The predicted molar refractivity (Wildman–Crippen MR) is 199 cm³/mol. The summed E-state index contributed by atoms with van der Waals surface area (Å²) in [5, 5.41) is 5.29. The maximum Gasteiger partial charge on any atom is 0.0555 e. The average molecular weight is 606 g/mol. The van der Waals surface area contributed by atoms with Crippen molar-refractivity contribution in [3.05, 3.63) is 163 Å². The number of aromatic nitrogens is 1. The van der Waals surface area contributed by atoms with E-state index in [1.54, 1.807) is 0 Å². The summed E-state index contributed by atoms with van der Waals surface area (Å²) >= 11 is 1.88. The third-order valence-corrected chi connectivity index (χ3v) is 10.5.